The number of nitro benzene ring substituents is 1. The molecule has 0 saturated carbocycles. The van der Waals surface area contributed by atoms with Crippen LogP contribution in [0.3, 0.4) is 0 Å². The second-order valence-electron chi connectivity index (χ2n) is 3.06. The van der Waals surface area contributed by atoms with E-state index >= 15 is 0 Å². The van der Waals surface area contributed by atoms with Gasteiger partial charge in [0.15, 0.2) is 0 Å². The first-order valence-electron chi connectivity index (χ1n) is 4.22. The number of carbonyl (C=O) groups is 1. The molecule has 0 unspecified atom stereocenters. The van der Waals surface area contributed by atoms with E-state index in [0.29, 0.717) is 11.0 Å². The number of carbonyl (C=O) groups excluding carboxylic acids is 1. The third kappa shape index (κ3) is 1.45. The third-order valence-electron chi connectivity index (χ3n) is 2.08. The molecule has 0 saturated heterocycles. The zero-order valence-corrected chi connectivity index (χ0v) is 7.88. The Morgan fingerprint density at radius 3 is 2.87 bits per heavy atom. The standard InChI is InChI=1S/C9H7N3O3/c1-6(13)11-5-10-8-4-7(12(14)15)2-3-9(8)11/h2-5H,1H3. The van der Waals surface area contributed by atoms with Crippen LogP contribution in [0.25, 0.3) is 11.0 Å². The molecule has 76 valence electrons. The van der Waals surface area contributed by atoms with E-state index in [4.69, 9.17) is 0 Å². The Morgan fingerprint density at radius 2 is 2.27 bits per heavy atom. The van der Waals surface area contributed by atoms with Crippen molar-refractivity contribution in [1.82, 2.24) is 9.55 Å². The first kappa shape index (κ1) is 9.32. The Labute approximate surface area is 84.3 Å². The van der Waals surface area contributed by atoms with Crippen LogP contribution in [0.5, 0.6) is 0 Å². The Balaban J connectivity index is 2.66. The fraction of sp³-hybridized carbons (Fsp3) is 0.111. The first-order valence-corrected chi connectivity index (χ1v) is 4.22. The Hall–Kier alpha value is -2.24. The Kier molecular flexibility index (Phi) is 1.96. The van der Waals surface area contributed by atoms with Crippen molar-refractivity contribution in [2.24, 2.45) is 0 Å². The fourth-order valence-electron chi connectivity index (χ4n) is 1.37. The summed E-state index contributed by atoms with van der Waals surface area (Å²) < 4.78 is 1.35. The zero-order chi connectivity index (χ0) is 11.0. The van der Waals surface area contributed by atoms with Crippen LogP contribution >= 0.6 is 0 Å². The average Bonchev–Trinajstić information content (AvgIpc) is 2.59. The number of non-ortho nitro benzene ring substituents is 1. The third-order valence-corrected chi connectivity index (χ3v) is 2.08. The van der Waals surface area contributed by atoms with Gasteiger partial charge >= 0.3 is 0 Å². The van der Waals surface area contributed by atoms with Gasteiger partial charge in [-0.15, -0.1) is 0 Å². The second-order valence-corrected chi connectivity index (χ2v) is 3.06. The van der Waals surface area contributed by atoms with Gasteiger partial charge in [-0.3, -0.25) is 19.5 Å². The molecule has 0 bridgehead atoms. The van der Waals surface area contributed by atoms with E-state index in [2.05, 4.69) is 4.98 Å². The van der Waals surface area contributed by atoms with E-state index in [0.717, 1.165) is 0 Å². The minimum absolute atomic E-state index is 0.0312. The molecular weight excluding hydrogens is 198 g/mol. The highest BCUT2D eigenvalue weighted by molar-refractivity contribution is 5.89. The van der Waals surface area contributed by atoms with Gasteiger partial charge in [0.05, 0.1) is 16.0 Å². The van der Waals surface area contributed by atoms with Crippen LogP contribution < -0.4 is 0 Å². The number of rotatable bonds is 1. The molecule has 0 aliphatic carbocycles. The average molecular weight is 205 g/mol. The van der Waals surface area contributed by atoms with Crippen LogP contribution in [-0.2, 0) is 0 Å². The normalized spacial score (nSPS) is 10.5. The zero-order valence-electron chi connectivity index (χ0n) is 7.88. The van der Waals surface area contributed by atoms with Crippen LogP contribution in [0, 0.1) is 10.1 Å². The van der Waals surface area contributed by atoms with Crippen LogP contribution in [-0.4, -0.2) is 20.4 Å². The molecule has 6 nitrogen and oxygen atoms in total. The van der Waals surface area contributed by atoms with Gasteiger partial charge in [-0.2, -0.15) is 0 Å². The van der Waals surface area contributed by atoms with E-state index in [-0.39, 0.29) is 11.6 Å². The predicted molar refractivity (Wildman–Crippen MR) is 52.7 cm³/mol. The van der Waals surface area contributed by atoms with Gasteiger partial charge in [-0.05, 0) is 6.07 Å². The van der Waals surface area contributed by atoms with Gasteiger partial charge in [0.2, 0.25) is 5.91 Å². The maximum absolute atomic E-state index is 11.1. The van der Waals surface area contributed by atoms with Gasteiger partial charge in [-0.1, -0.05) is 0 Å². The van der Waals surface area contributed by atoms with Gasteiger partial charge < -0.3 is 0 Å². The minimum atomic E-state index is -0.494. The molecule has 6 heteroatoms. The molecule has 0 fully saturated rings. The van der Waals surface area contributed by atoms with Gasteiger partial charge in [0.25, 0.3) is 5.69 Å². The lowest BCUT2D eigenvalue weighted by molar-refractivity contribution is -0.384. The molecular formula is C9H7N3O3. The summed E-state index contributed by atoms with van der Waals surface area (Å²) in [5.41, 5.74) is 0.990. The first-order chi connectivity index (χ1) is 7.09. The van der Waals surface area contributed by atoms with E-state index in [1.807, 2.05) is 0 Å². The van der Waals surface area contributed by atoms with E-state index in [1.165, 1.54) is 36.0 Å². The van der Waals surface area contributed by atoms with Gasteiger partial charge in [-0.25, -0.2) is 4.98 Å². The molecule has 0 atom stereocenters. The van der Waals surface area contributed by atoms with Crippen molar-refractivity contribution in [1.29, 1.82) is 0 Å². The number of fused-ring (bicyclic) bond motifs is 1. The molecule has 0 amide bonds. The molecule has 0 aliphatic rings. The van der Waals surface area contributed by atoms with E-state index in [1.54, 1.807) is 0 Å². The molecule has 2 aromatic rings. The summed E-state index contributed by atoms with van der Waals surface area (Å²) in [6.45, 7) is 1.41. The fourth-order valence-corrected chi connectivity index (χ4v) is 1.37. The van der Waals surface area contributed by atoms with Crippen LogP contribution in [0.15, 0.2) is 24.5 Å². The van der Waals surface area contributed by atoms with Gasteiger partial charge in [0.1, 0.15) is 6.33 Å². The van der Waals surface area contributed by atoms with E-state index in [9.17, 15) is 14.9 Å². The van der Waals surface area contributed by atoms with Crippen molar-refractivity contribution in [3.63, 3.8) is 0 Å². The van der Waals surface area contributed by atoms with Crippen LogP contribution in [0.2, 0.25) is 0 Å². The number of imidazole rings is 1. The summed E-state index contributed by atoms with van der Waals surface area (Å²) >= 11 is 0. The van der Waals surface area contributed by atoms with E-state index < -0.39 is 4.92 Å². The van der Waals surface area contributed by atoms with Gasteiger partial charge in [0, 0.05) is 19.1 Å². The highest BCUT2D eigenvalue weighted by atomic mass is 16.6. The van der Waals surface area contributed by atoms with Crippen molar-refractivity contribution in [3.05, 3.63) is 34.6 Å². The highest BCUT2D eigenvalue weighted by Gasteiger charge is 2.10. The van der Waals surface area contributed by atoms with Crippen molar-refractivity contribution in [2.75, 3.05) is 0 Å². The lowest BCUT2D eigenvalue weighted by atomic mass is 10.3. The summed E-state index contributed by atoms with van der Waals surface area (Å²) in [4.78, 5) is 25.0. The number of nitro groups is 1. The number of hydrogen-bond acceptors (Lipinski definition) is 4. The molecule has 15 heavy (non-hydrogen) atoms. The molecule has 0 aliphatic heterocycles. The number of aromatic nitrogens is 2. The second kappa shape index (κ2) is 3.16. The predicted octanol–water partition coefficient (Wildman–Crippen LogP) is 1.60. The summed E-state index contributed by atoms with van der Waals surface area (Å²) in [7, 11) is 0. The lowest BCUT2D eigenvalue weighted by Gasteiger charge is -1.96. The largest absolute Gasteiger partial charge is 0.274 e. The molecule has 0 N–H and O–H groups in total. The number of benzene rings is 1. The molecule has 0 radical (unpaired) electrons. The lowest BCUT2D eigenvalue weighted by Crippen LogP contribution is -2.02. The van der Waals surface area contributed by atoms with Crippen molar-refractivity contribution >= 4 is 22.6 Å². The molecule has 1 heterocycles. The smallest absolute Gasteiger partial charge is 0.271 e. The maximum Gasteiger partial charge on any atom is 0.271 e. The van der Waals surface area contributed by atoms with Crippen LogP contribution in [0.1, 0.15) is 11.7 Å². The Bertz CT molecular complexity index is 559. The summed E-state index contributed by atoms with van der Waals surface area (Å²) in [5.74, 6) is -0.175. The SMILES string of the molecule is CC(=O)n1cnc2cc([N+](=O)[O-])ccc21. The highest BCUT2D eigenvalue weighted by Crippen LogP contribution is 2.19. The quantitative estimate of drug-likeness (QED) is 0.523. The van der Waals surface area contributed by atoms with Crippen molar-refractivity contribution < 1.29 is 9.72 Å². The van der Waals surface area contributed by atoms with Crippen molar-refractivity contribution in [3.8, 4) is 0 Å². The topological polar surface area (TPSA) is 78.0 Å². The maximum atomic E-state index is 11.1. The molecule has 1 aromatic heterocycles. The number of nitrogens with zero attached hydrogens (tertiary/aromatic N) is 3. The number of hydrogen-bond donors (Lipinski definition) is 0. The minimum Gasteiger partial charge on any atom is -0.274 e. The van der Waals surface area contributed by atoms with Crippen molar-refractivity contribution in [2.45, 2.75) is 6.92 Å². The summed E-state index contributed by atoms with van der Waals surface area (Å²) in [6.07, 6.45) is 1.36. The monoisotopic (exact) mass is 205 g/mol. The molecule has 2 rings (SSSR count). The molecule has 0 spiro atoms. The summed E-state index contributed by atoms with van der Waals surface area (Å²) in [6, 6.07) is 4.21. The Morgan fingerprint density at radius 1 is 1.53 bits per heavy atom. The summed E-state index contributed by atoms with van der Waals surface area (Å²) in [5, 5.41) is 10.5. The molecule has 1 aromatic carbocycles. The van der Waals surface area contributed by atoms with Crippen LogP contribution in [0.4, 0.5) is 5.69 Å².